The number of aliphatic carboxylic acids is 1. The third-order valence-corrected chi connectivity index (χ3v) is 2.74. The summed E-state index contributed by atoms with van der Waals surface area (Å²) >= 11 is 0. The number of hydrogen-bond acceptors (Lipinski definition) is 6. The molecule has 0 saturated heterocycles. The van der Waals surface area contributed by atoms with Gasteiger partial charge in [0.1, 0.15) is 11.6 Å². The topological polar surface area (TPSA) is 128 Å². The molecule has 0 saturated carbocycles. The second-order valence-electron chi connectivity index (χ2n) is 4.24. The van der Waals surface area contributed by atoms with E-state index in [1.807, 2.05) is 0 Å². The molecule has 0 aliphatic heterocycles. The average Bonchev–Trinajstić information content (AvgIpc) is 2.46. The summed E-state index contributed by atoms with van der Waals surface area (Å²) in [5.41, 5.74) is -0.808. The van der Waals surface area contributed by atoms with Crippen molar-refractivity contribution in [2.24, 2.45) is 0 Å². The van der Waals surface area contributed by atoms with Crippen molar-refractivity contribution in [3.63, 3.8) is 0 Å². The zero-order valence-electron chi connectivity index (χ0n) is 12.3. The van der Waals surface area contributed by atoms with Crippen molar-refractivity contribution in [2.45, 2.75) is 19.9 Å². The first kappa shape index (κ1) is 17.2. The number of rotatable bonds is 7. The number of nitro groups is 1. The highest BCUT2D eigenvalue weighted by Crippen LogP contribution is 2.34. The molecule has 0 aliphatic carbocycles. The fourth-order valence-electron chi connectivity index (χ4n) is 1.65. The van der Waals surface area contributed by atoms with Crippen molar-refractivity contribution in [3.05, 3.63) is 27.8 Å². The van der Waals surface area contributed by atoms with Gasteiger partial charge in [0.05, 0.1) is 24.7 Å². The monoisotopic (exact) mass is 312 g/mol. The van der Waals surface area contributed by atoms with Gasteiger partial charge in [-0.05, 0) is 13.8 Å². The summed E-state index contributed by atoms with van der Waals surface area (Å²) in [6, 6.07) is 1.03. The van der Waals surface area contributed by atoms with E-state index in [0.717, 1.165) is 12.1 Å². The molecular formula is C13H16N2O7. The van der Waals surface area contributed by atoms with Gasteiger partial charge in [-0.15, -0.1) is 0 Å². The Bertz CT molecular complexity index is 600. The highest BCUT2D eigenvalue weighted by molar-refractivity contribution is 6.00. The van der Waals surface area contributed by atoms with E-state index in [4.69, 9.17) is 14.6 Å². The van der Waals surface area contributed by atoms with Gasteiger partial charge in [-0.25, -0.2) is 0 Å². The van der Waals surface area contributed by atoms with Gasteiger partial charge in [-0.3, -0.25) is 19.7 Å². The lowest BCUT2D eigenvalue weighted by Gasteiger charge is -2.13. The average molecular weight is 312 g/mol. The molecule has 0 fully saturated rings. The minimum Gasteiger partial charge on any atom is -0.493 e. The van der Waals surface area contributed by atoms with Crippen LogP contribution in [0.5, 0.6) is 11.5 Å². The van der Waals surface area contributed by atoms with E-state index >= 15 is 0 Å². The Morgan fingerprint density at radius 3 is 2.50 bits per heavy atom. The van der Waals surface area contributed by atoms with Crippen LogP contribution < -0.4 is 14.8 Å². The molecule has 1 aromatic rings. The minimum absolute atomic E-state index is 0.125. The Morgan fingerprint density at radius 2 is 2.05 bits per heavy atom. The van der Waals surface area contributed by atoms with Crippen LogP contribution in [0.2, 0.25) is 0 Å². The molecule has 1 rings (SSSR count). The first-order valence-electron chi connectivity index (χ1n) is 6.34. The summed E-state index contributed by atoms with van der Waals surface area (Å²) in [6.07, 6.45) is 0. The summed E-state index contributed by atoms with van der Waals surface area (Å²) in [5, 5.41) is 22.0. The van der Waals surface area contributed by atoms with E-state index in [9.17, 15) is 19.7 Å². The van der Waals surface area contributed by atoms with Crippen molar-refractivity contribution < 1.29 is 29.1 Å². The van der Waals surface area contributed by atoms with Gasteiger partial charge in [-0.1, -0.05) is 0 Å². The van der Waals surface area contributed by atoms with Crippen LogP contribution in [0.25, 0.3) is 0 Å². The predicted molar refractivity (Wildman–Crippen MR) is 75.4 cm³/mol. The first-order chi connectivity index (χ1) is 10.3. The van der Waals surface area contributed by atoms with Crippen molar-refractivity contribution in [2.75, 3.05) is 13.7 Å². The zero-order chi connectivity index (χ0) is 16.9. The smallest absolute Gasteiger partial charge is 0.325 e. The Labute approximate surface area is 126 Å². The van der Waals surface area contributed by atoms with Crippen LogP contribution in [0.4, 0.5) is 5.69 Å². The summed E-state index contributed by atoms with van der Waals surface area (Å²) < 4.78 is 10.2. The molecule has 2 N–H and O–H groups in total. The normalized spacial score (nSPS) is 11.4. The first-order valence-corrected chi connectivity index (χ1v) is 6.34. The summed E-state index contributed by atoms with van der Waals surface area (Å²) in [6.45, 7) is 3.20. The van der Waals surface area contributed by atoms with Crippen LogP contribution in [0, 0.1) is 10.1 Å². The van der Waals surface area contributed by atoms with Crippen LogP contribution in [-0.4, -0.2) is 41.7 Å². The number of benzene rings is 1. The number of ether oxygens (including phenoxy) is 2. The molecule has 120 valence electrons. The third-order valence-electron chi connectivity index (χ3n) is 2.74. The van der Waals surface area contributed by atoms with E-state index < -0.39 is 28.5 Å². The Balaban J connectivity index is 3.29. The molecule has 1 atom stereocenters. The number of carboxylic acid groups (broad SMARTS) is 1. The molecule has 0 unspecified atom stereocenters. The molecule has 0 aromatic heterocycles. The summed E-state index contributed by atoms with van der Waals surface area (Å²) in [5.74, 6) is -1.88. The molecule has 9 heteroatoms. The van der Waals surface area contributed by atoms with Crippen molar-refractivity contribution in [1.29, 1.82) is 0 Å². The minimum atomic E-state index is -1.26. The highest BCUT2D eigenvalue weighted by atomic mass is 16.6. The van der Waals surface area contributed by atoms with Crippen LogP contribution in [0.1, 0.15) is 24.2 Å². The summed E-state index contributed by atoms with van der Waals surface area (Å²) in [4.78, 5) is 33.2. The van der Waals surface area contributed by atoms with E-state index in [1.54, 1.807) is 6.92 Å². The number of amides is 1. The summed E-state index contributed by atoms with van der Waals surface area (Å²) in [7, 11) is 1.32. The Kier molecular flexibility index (Phi) is 5.67. The number of carboxylic acids is 1. The number of nitro benzene ring substituents is 1. The largest absolute Gasteiger partial charge is 0.493 e. The lowest BCUT2D eigenvalue weighted by Crippen LogP contribution is -2.38. The fourth-order valence-corrected chi connectivity index (χ4v) is 1.65. The van der Waals surface area contributed by atoms with Gasteiger partial charge in [-0.2, -0.15) is 0 Å². The van der Waals surface area contributed by atoms with E-state index in [0.29, 0.717) is 0 Å². The molecule has 0 aliphatic rings. The van der Waals surface area contributed by atoms with Crippen LogP contribution >= 0.6 is 0 Å². The maximum absolute atomic E-state index is 12.0. The van der Waals surface area contributed by atoms with Crippen LogP contribution in [0.3, 0.4) is 0 Å². The van der Waals surface area contributed by atoms with Gasteiger partial charge < -0.3 is 19.9 Å². The van der Waals surface area contributed by atoms with E-state index in [2.05, 4.69) is 5.32 Å². The van der Waals surface area contributed by atoms with Crippen LogP contribution in [-0.2, 0) is 4.79 Å². The quantitative estimate of drug-likeness (QED) is 0.572. The molecule has 0 heterocycles. The standard InChI is InChI=1S/C13H16N2O7/c1-4-22-11-6-9(15(19)20)8(5-10(11)21-3)12(16)14-7(2)13(17)18/h5-7H,4H2,1-3H3,(H,14,16)(H,17,18)/t7-/m1/s1. The molecular weight excluding hydrogens is 296 g/mol. The van der Waals surface area contributed by atoms with Crippen molar-refractivity contribution in [1.82, 2.24) is 5.32 Å². The van der Waals surface area contributed by atoms with Crippen LogP contribution in [0.15, 0.2) is 12.1 Å². The maximum Gasteiger partial charge on any atom is 0.325 e. The van der Waals surface area contributed by atoms with Gasteiger partial charge in [0.2, 0.25) is 0 Å². The molecule has 9 nitrogen and oxygen atoms in total. The SMILES string of the molecule is CCOc1cc([N+](=O)[O-])c(C(=O)N[C@H](C)C(=O)O)cc1OC. The van der Waals surface area contributed by atoms with E-state index in [-0.39, 0.29) is 23.7 Å². The third kappa shape index (κ3) is 3.84. The molecule has 0 radical (unpaired) electrons. The van der Waals surface area contributed by atoms with Gasteiger partial charge in [0.25, 0.3) is 11.6 Å². The second kappa shape index (κ2) is 7.25. The number of nitrogens with one attached hydrogen (secondary N) is 1. The maximum atomic E-state index is 12.0. The highest BCUT2D eigenvalue weighted by Gasteiger charge is 2.26. The van der Waals surface area contributed by atoms with Crippen molar-refractivity contribution in [3.8, 4) is 11.5 Å². The zero-order valence-corrected chi connectivity index (χ0v) is 12.3. The Morgan fingerprint density at radius 1 is 1.41 bits per heavy atom. The number of nitrogens with zero attached hydrogens (tertiary/aromatic N) is 1. The number of hydrogen-bond donors (Lipinski definition) is 2. The molecule has 0 spiro atoms. The van der Waals surface area contributed by atoms with Gasteiger partial charge >= 0.3 is 5.97 Å². The fraction of sp³-hybridized carbons (Fsp3) is 0.385. The number of carbonyl (C=O) groups is 2. The van der Waals surface area contributed by atoms with E-state index in [1.165, 1.54) is 14.0 Å². The van der Waals surface area contributed by atoms with Gasteiger partial charge in [0.15, 0.2) is 11.5 Å². The molecule has 22 heavy (non-hydrogen) atoms. The van der Waals surface area contributed by atoms with Gasteiger partial charge in [0, 0.05) is 6.07 Å². The lowest BCUT2D eigenvalue weighted by molar-refractivity contribution is -0.385. The molecule has 1 aromatic carbocycles. The number of methoxy groups -OCH3 is 1. The number of carbonyl (C=O) groups excluding carboxylic acids is 1. The lowest BCUT2D eigenvalue weighted by atomic mass is 10.1. The predicted octanol–water partition coefficient (Wildman–Crippen LogP) is 1.20. The Hall–Kier alpha value is -2.84. The molecule has 1 amide bonds. The molecule has 0 bridgehead atoms. The van der Waals surface area contributed by atoms with Crippen molar-refractivity contribution >= 4 is 17.6 Å². The second-order valence-corrected chi connectivity index (χ2v) is 4.24.